The molecule has 0 aromatic heterocycles. The first-order valence-electron chi connectivity index (χ1n) is 10.4. The zero-order valence-corrected chi connectivity index (χ0v) is 17.4. The van der Waals surface area contributed by atoms with Gasteiger partial charge in [0.2, 0.25) is 11.8 Å². The molecule has 1 aromatic rings. The molecule has 1 saturated carbocycles. The number of hydrogen-bond acceptors (Lipinski definition) is 6. The minimum absolute atomic E-state index is 0.00824. The molecule has 1 heterocycles. The second-order valence-electron chi connectivity index (χ2n) is 7.76. The number of benzene rings is 1. The van der Waals surface area contributed by atoms with E-state index in [9.17, 15) is 19.5 Å². The van der Waals surface area contributed by atoms with E-state index >= 15 is 0 Å². The SMILES string of the molecule is COCCNC(=O)CN1CCN(c2ccc(NC(=O)C3CCC3)c(C(=O)O)c2)CC1. The van der Waals surface area contributed by atoms with Gasteiger partial charge in [0.25, 0.3) is 0 Å². The van der Waals surface area contributed by atoms with Crippen LogP contribution in [-0.2, 0) is 14.3 Å². The number of aromatic carboxylic acids is 1. The van der Waals surface area contributed by atoms with Gasteiger partial charge in [-0.1, -0.05) is 6.42 Å². The first-order chi connectivity index (χ1) is 14.5. The number of amides is 2. The Hall–Kier alpha value is -2.65. The lowest BCUT2D eigenvalue weighted by atomic mass is 9.85. The minimum atomic E-state index is -1.06. The van der Waals surface area contributed by atoms with Crippen LogP contribution in [0.1, 0.15) is 29.6 Å². The Morgan fingerprint density at radius 3 is 2.50 bits per heavy atom. The van der Waals surface area contributed by atoms with Crippen LogP contribution in [0.3, 0.4) is 0 Å². The summed E-state index contributed by atoms with van der Waals surface area (Å²) in [6.45, 7) is 4.13. The van der Waals surface area contributed by atoms with E-state index in [2.05, 4.69) is 20.4 Å². The quantitative estimate of drug-likeness (QED) is 0.513. The van der Waals surface area contributed by atoms with Crippen molar-refractivity contribution in [1.29, 1.82) is 0 Å². The van der Waals surface area contributed by atoms with Crippen molar-refractivity contribution in [2.45, 2.75) is 19.3 Å². The fraction of sp³-hybridized carbons (Fsp3) is 0.571. The third kappa shape index (κ3) is 5.70. The van der Waals surface area contributed by atoms with Gasteiger partial charge in [-0.05, 0) is 31.0 Å². The van der Waals surface area contributed by atoms with E-state index in [4.69, 9.17) is 4.74 Å². The maximum absolute atomic E-state index is 12.2. The largest absolute Gasteiger partial charge is 0.478 e. The molecule has 9 heteroatoms. The molecule has 1 saturated heterocycles. The van der Waals surface area contributed by atoms with Gasteiger partial charge in [0.05, 0.1) is 24.4 Å². The molecule has 164 valence electrons. The summed E-state index contributed by atoms with van der Waals surface area (Å²) in [6.07, 6.45) is 2.77. The summed E-state index contributed by atoms with van der Waals surface area (Å²) >= 11 is 0. The van der Waals surface area contributed by atoms with E-state index in [0.717, 1.165) is 24.9 Å². The molecule has 1 aliphatic heterocycles. The highest BCUT2D eigenvalue weighted by molar-refractivity contribution is 6.02. The van der Waals surface area contributed by atoms with Crippen molar-refractivity contribution < 1.29 is 24.2 Å². The first kappa shape index (κ1) is 22.0. The van der Waals surface area contributed by atoms with Crippen molar-refractivity contribution in [3.63, 3.8) is 0 Å². The number of carboxylic acids is 1. The van der Waals surface area contributed by atoms with Crippen molar-refractivity contribution >= 4 is 29.2 Å². The van der Waals surface area contributed by atoms with Gasteiger partial charge in [0, 0.05) is 51.4 Å². The van der Waals surface area contributed by atoms with Gasteiger partial charge in [-0.25, -0.2) is 4.79 Å². The van der Waals surface area contributed by atoms with Gasteiger partial charge in [-0.15, -0.1) is 0 Å². The summed E-state index contributed by atoms with van der Waals surface area (Å²) in [5.41, 5.74) is 1.24. The standard InChI is InChI=1S/C21H30N4O5/c1-30-12-7-22-19(26)14-24-8-10-25(11-9-24)16-5-6-18(17(13-16)21(28)29)23-20(27)15-3-2-4-15/h5-6,13,15H,2-4,7-12,14H2,1H3,(H,22,26)(H,23,27)(H,28,29). The summed E-state index contributed by atoms with van der Waals surface area (Å²) < 4.78 is 4.92. The summed E-state index contributed by atoms with van der Waals surface area (Å²) in [4.78, 5) is 40.1. The van der Waals surface area contributed by atoms with Gasteiger partial charge in [-0.2, -0.15) is 0 Å². The smallest absolute Gasteiger partial charge is 0.337 e. The summed E-state index contributed by atoms with van der Waals surface area (Å²) in [6, 6.07) is 5.13. The monoisotopic (exact) mass is 418 g/mol. The van der Waals surface area contributed by atoms with Crippen LogP contribution in [0.4, 0.5) is 11.4 Å². The zero-order chi connectivity index (χ0) is 21.5. The van der Waals surface area contributed by atoms with Gasteiger partial charge in [0.1, 0.15) is 0 Å². The van der Waals surface area contributed by atoms with Crippen LogP contribution in [-0.4, -0.2) is 80.8 Å². The molecule has 0 radical (unpaired) electrons. The highest BCUT2D eigenvalue weighted by Gasteiger charge is 2.27. The molecule has 2 amide bonds. The molecule has 3 N–H and O–H groups in total. The topological polar surface area (TPSA) is 111 Å². The number of ether oxygens (including phenoxy) is 1. The third-order valence-electron chi connectivity index (χ3n) is 5.70. The van der Waals surface area contributed by atoms with E-state index in [-0.39, 0.29) is 23.3 Å². The van der Waals surface area contributed by atoms with Crippen LogP contribution in [0.25, 0.3) is 0 Å². The van der Waals surface area contributed by atoms with Crippen molar-refractivity contribution in [3.8, 4) is 0 Å². The summed E-state index contributed by atoms with van der Waals surface area (Å²) in [5, 5.41) is 15.2. The second kappa shape index (κ2) is 10.4. The number of carbonyl (C=O) groups excluding carboxylic acids is 2. The van der Waals surface area contributed by atoms with Crippen LogP contribution in [0.2, 0.25) is 0 Å². The number of rotatable bonds is 9. The molecule has 0 atom stereocenters. The Balaban J connectivity index is 1.56. The van der Waals surface area contributed by atoms with Crippen LogP contribution < -0.4 is 15.5 Å². The number of nitrogens with one attached hydrogen (secondary N) is 2. The first-order valence-corrected chi connectivity index (χ1v) is 10.4. The number of carboxylic acid groups (broad SMARTS) is 1. The Morgan fingerprint density at radius 2 is 1.90 bits per heavy atom. The van der Waals surface area contributed by atoms with E-state index in [1.807, 2.05) is 6.07 Å². The predicted molar refractivity (Wildman–Crippen MR) is 113 cm³/mol. The number of nitrogens with zero attached hydrogens (tertiary/aromatic N) is 2. The molecular weight excluding hydrogens is 388 g/mol. The molecule has 3 rings (SSSR count). The molecule has 2 aliphatic rings. The number of piperazine rings is 1. The van der Waals surface area contributed by atoms with E-state index < -0.39 is 5.97 Å². The summed E-state index contributed by atoms with van der Waals surface area (Å²) in [5.74, 6) is -1.20. The lowest BCUT2D eigenvalue weighted by molar-refractivity contribution is -0.123. The Bertz CT molecular complexity index is 773. The maximum Gasteiger partial charge on any atom is 0.337 e. The average molecular weight is 418 g/mol. The molecule has 1 aromatic carbocycles. The number of hydrogen-bond donors (Lipinski definition) is 3. The van der Waals surface area contributed by atoms with Crippen molar-refractivity contribution in [1.82, 2.24) is 10.2 Å². The van der Waals surface area contributed by atoms with Gasteiger partial charge < -0.3 is 25.4 Å². The normalized spacial score (nSPS) is 17.3. The van der Waals surface area contributed by atoms with Gasteiger partial charge >= 0.3 is 5.97 Å². The number of carbonyl (C=O) groups is 3. The zero-order valence-electron chi connectivity index (χ0n) is 17.4. The molecular formula is C21H30N4O5. The van der Waals surface area contributed by atoms with E-state index in [0.29, 0.717) is 51.6 Å². The maximum atomic E-state index is 12.2. The highest BCUT2D eigenvalue weighted by atomic mass is 16.5. The van der Waals surface area contributed by atoms with Crippen LogP contribution >= 0.6 is 0 Å². The minimum Gasteiger partial charge on any atom is -0.478 e. The number of anilines is 2. The second-order valence-corrected chi connectivity index (χ2v) is 7.76. The number of methoxy groups -OCH3 is 1. The molecule has 0 unspecified atom stereocenters. The van der Waals surface area contributed by atoms with Crippen LogP contribution in [0.5, 0.6) is 0 Å². The van der Waals surface area contributed by atoms with Gasteiger partial charge in [-0.3, -0.25) is 14.5 Å². The lowest BCUT2D eigenvalue weighted by Gasteiger charge is -2.36. The fourth-order valence-corrected chi connectivity index (χ4v) is 3.64. The molecule has 0 spiro atoms. The van der Waals surface area contributed by atoms with Crippen LogP contribution in [0.15, 0.2) is 18.2 Å². The Labute approximate surface area is 176 Å². The van der Waals surface area contributed by atoms with Crippen LogP contribution in [0, 0.1) is 5.92 Å². The predicted octanol–water partition coefficient (Wildman–Crippen LogP) is 1.01. The molecule has 0 bridgehead atoms. The molecule has 30 heavy (non-hydrogen) atoms. The van der Waals surface area contributed by atoms with Gasteiger partial charge in [0.15, 0.2) is 0 Å². The Morgan fingerprint density at radius 1 is 1.17 bits per heavy atom. The van der Waals surface area contributed by atoms with Crippen molar-refractivity contribution in [2.24, 2.45) is 5.92 Å². The van der Waals surface area contributed by atoms with E-state index in [1.165, 1.54) is 0 Å². The lowest BCUT2D eigenvalue weighted by Crippen LogP contribution is -2.49. The van der Waals surface area contributed by atoms with Crippen molar-refractivity contribution in [2.75, 3.05) is 63.2 Å². The molecule has 2 fully saturated rings. The fourth-order valence-electron chi connectivity index (χ4n) is 3.64. The van der Waals surface area contributed by atoms with Crippen molar-refractivity contribution in [3.05, 3.63) is 23.8 Å². The third-order valence-corrected chi connectivity index (χ3v) is 5.70. The summed E-state index contributed by atoms with van der Waals surface area (Å²) in [7, 11) is 1.59. The average Bonchev–Trinajstić information content (AvgIpc) is 2.67. The van der Waals surface area contributed by atoms with E-state index in [1.54, 1.807) is 19.2 Å². The Kier molecular flexibility index (Phi) is 7.64. The molecule has 1 aliphatic carbocycles. The highest BCUT2D eigenvalue weighted by Crippen LogP contribution is 2.29. The molecule has 9 nitrogen and oxygen atoms in total.